The van der Waals surface area contributed by atoms with Crippen molar-refractivity contribution >= 4 is 33.0 Å². The molecule has 23 heavy (non-hydrogen) atoms. The van der Waals surface area contributed by atoms with E-state index in [0.717, 1.165) is 15.2 Å². The average molecular weight is 395 g/mol. The molecule has 9 heteroatoms. The molecular weight excluding hydrogens is 384 g/mol. The number of nitrogens with zero attached hydrogens (tertiary/aromatic N) is 4. The molecule has 1 aromatic carbocycles. The summed E-state index contributed by atoms with van der Waals surface area (Å²) in [5.74, 6) is -0.393. The molecule has 3 rings (SSSR count). The van der Waals surface area contributed by atoms with Crippen LogP contribution in [0.25, 0.3) is 0 Å². The monoisotopic (exact) mass is 394 g/mol. The van der Waals surface area contributed by atoms with Crippen LogP contribution in [0, 0.1) is 0 Å². The summed E-state index contributed by atoms with van der Waals surface area (Å²) < 4.78 is 6.92. The van der Waals surface area contributed by atoms with Gasteiger partial charge < -0.3 is 9.36 Å². The molecule has 0 aliphatic heterocycles. The highest BCUT2D eigenvalue weighted by Gasteiger charge is 2.16. The molecule has 0 bridgehead atoms. The molecule has 0 fully saturated rings. The third-order valence-electron chi connectivity index (χ3n) is 2.86. The van der Waals surface area contributed by atoms with E-state index in [1.807, 2.05) is 35.7 Å². The fraction of sp³-hybridized carbons (Fsp3) is 0.143. The van der Waals surface area contributed by atoms with E-state index in [2.05, 4.69) is 31.1 Å². The number of thiazole rings is 1. The van der Waals surface area contributed by atoms with Crippen molar-refractivity contribution in [1.29, 1.82) is 0 Å². The van der Waals surface area contributed by atoms with Gasteiger partial charge in [0.2, 0.25) is 0 Å². The van der Waals surface area contributed by atoms with Crippen molar-refractivity contribution in [2.24, 2.45) is 12.2 Å². The molecule has 0 radical (unpaired) electrons. The van der Waals surface area contributed by atoms with Crippen LogP contribution in [0.4, 0.5) is 0 Å². The summed E-state index contributed by atoms with van der Waals surface area (Å²) >= 11 is 4.76. The molecule has 0 aliphatic carbocycles. The minimum Gasteiger partial charge on any atom is -0.389 e. The minimum absolute atomic E-state index is 0.213. The Bertz CT molecular complexity index is 885. The molecule has 118 valence electrons. The number of hydrogen-bond donors (Lipinski definition) is 0. The van der Waals surface area contributed by atoms with Crippen molar-refractivity contribution in [1.82, 2.24) is 14.7 Å². The fourth-order valence-electron chi connectivity index (χ4n) is 1.87. The summed E-state index contributed by atoms with van der Waals surface area (Å²) in [5, 5.41) is 6.00. The number of rotatable bonds is 5. The lowest BCUT2D eigenvalue weighted by atomic mass is 10.1. The Labute approximate surface area is 143 Å². The van der Waals surface area contributed by atoms with Crippen LogP contribution >= 0.6 is 27.3 Å². The van der Waals surface area contributed by atoms with E-state index in [1.165, 1.54) is 16.1 Å². The second-order valence-electron chi connectivity index (χ2n) is 4.46. The summed E-state index contributed by atoms with van der Waals surface area (Å²) in [4.78, 5) is 24.8. The lowest BCUT2D eigenvalue weighted by Crippen LogP contribution is -2.11. The Hall–Kier alpha value is -2.26. The Morgan fingerprint density at radius 3 is 2.78 bits per heavy atom. The van der Waals surface area contributed by atoms with E-state index >= 15 is 0 Å². The van der Waals surface area contributed by atoms with Gasteiger partial charge in [0, 0.05) is 18.0 Å². The van der Waals surface area contributed by atoms with Crippen LogP contribution in [0.2, 0.25) is 0 Å². The van der Waals surface area contributed by atoms with Crippen molar-refractivity contribution in [3.63, 3.8) is 0 Å². The maximum Gasteiger partial charge on any atom is 0.460 e. The lowest BCUT2D eigenvalue weighted by Gasteiger charge is -2.05. The Morgan fingerprint density at radius 2 is 2.17 bits per heavy atom. The van der Waals surface area contributed by atoms with Gasteiger partial charge in [0.15, 0.2) is 22.1 Å². The molecule has 0 atom stereocenters. The predicted octanol–water partition coefficient (Wildman–Crippen LogP) is 2.56. The number of aryl methyl sites for hydroxylation is 1. The highest BCUT2D eigenvalue weighted by Crippen LogP contribution is 2.17. The van der Waals surface area contributed by atoms with Gasteiger partial charge in [-0.3, -0.25) is 0 Å². The largest absolute Gasteiger partial charge is 0.460 e. The van der Waals surface area contributed by atoms with Gasteiger partial charge in [-0.15, -0.1) is 11.3 Å². The maximum atomic E-state index is 11.3. The topological polar surface area (TPSA) is 82.5 Å². The van der Waals surface area contributed by atoms with Crippen molar-refractivity contribution in [2.75, 3.05) is 0 Å². The number of aromatic nitrogens is 3. The SMILES string of the molecule is Cn1oc(=O)nc1C(=NOCc1csc(Br)n1)c1ccccc1. The summed E-state index contributed by atoms with van der Waals surface area (Å²) in [6.07, 6.45) is 0. The highest BCUT2D eigenvalue weighted by atomic mass is 79.9. The first kappa shape index (κ1) is 15.6. The van der Waals surface area contributed by atoms with E-state index in [-0.39, 0.29) is 6.61 Å². The van der Waals surface area contributed by atoms with Crippen LogP contribution in [-0.4, -0.2) is 20.4 Å². The van der Waals surface area contributed by atoms with Crippen molar-refractivity contribution in [3.05, 3.63) is 67.3 Å². The number of benzene rings is 1. The average Bonchev–Trinajstić information content (AvgIpc) is 3.10. The number of hydrogen-bond acceptors (Lipinski definition) is 7. The smallest absolute Gasteiger partial charge is 0.389 e. The van der Waals surface area contributed by atoms with Crippen molar-refractivity contribution < 1.29 is 9.36 Å². The zero-order valence-corrected chi connectivity index (χ0v) is 14.4. The molecule has 0 amide bonds. The van der Waals surface area contributed by atoms with Gasteiger partial charge in [-0.1, -0.05) is 35.5 Å². The molecule has 0 N–H and O–H groups in total. The molecule has 0 unspecified atom stereocenters. The second kappa shape index (κ2) is 6.88. The normalized spacial score (nSPS) is 11.7. The van der Waals surface area contributed by atoms with Gasteiger partial charge in [-0.2, -0.15) is 9.72 Å². The van der Waals surface area contributed by atoms with Gasteiger partial charge in [0.05, 0.1) is 5.69 Å². The van der Waals surface area contributed by atoms with Gasteiger partial charge in [0.1, 0.15) is 0 Å². The van der Waals surface area contributed by atoms with Gasteiger partial charge in [-0.25, -0.2) is 9.78 Å². The minimum atomic E-state index is -0.686. The van der Waals surface area contributed by atoms with E-state index < -0.39 is 5.76 Å². The molecule has 0 saturated carbocycles. The fourth-order valence-corrected chi connectivity index (χ4v) is 2.90. The van der Waals surface area contributed by atoms with Crippen LogP contribution in [0.3, 0.4) is 0 Å². The van der Waals surface area contributed by atoms with Gasteiger partial charge >= 0.3 is 5.76 Å². The summed E-state index contributed by atoms with van der Waals surface area (Å²) in [6.45, 7) is 0.213. The standard InChI is InChI=1S/C14H11BrN4O3S/c1-19-12(17-14(20)22-19)11(9-5-3-2-4-6-9)18-21-7-10-8-23-13(15)16-10/h2-6,8H,7H2,1H3. The first-order chi connectivity index (χ1) is 11.1. The third-order valence-corrected chi connectivity index (χ3v) is 4.28. The van der Waals surface area contributed by atoms with E-state index in [9.17, 15) is 4.79 Å². The molecule has 0 spiro atoms. The molecule has 7 nitrogen and oxygen atoms in total. The molecule has 0 saturated heterocycles. The molecule has 3 aromatic rings. The maximum absolute atomic E-state index is 11.3. The Kier molecular flexibility index (Phi) is 4.68. The van der Waals surface area contributed by atoms with Crippen LogP contribution in [-0.2, 0) is 18.5 Å². The first-order valence-corrected chi connectivity index (χ1v) is 8.21. The van der Waals surface area contributed by atoms with E-state index in [0.29, 0.717) is 11.5 Å². The summed E-state index contributed by atoms with van der Waals surface area (Å²) in [6, 6.07) is 9.30. The van der Waals surface area contributed by atoms with Crippen LogP contribution in [0.5, 0.6) is 0 Å². The number of halogens is 1. The summed E-state index contributed by atoms with van der Waals surface area (Å²) in [7, 11) is 1.58. The predicted molar refractivity (Wildman–Crippen MR) is 88.4 cm³/mol. The zero-order valence-electron chi connectivity index (χ0n) is 12.0. The quantitative estimate of drug-likeness (QED) is 0.490. The van der Waals surface area contributed by atoms with Gasteiger partial charge in [0.25, 0.3) is 0 Å². The number of oxime groups is 1. The molecule has 2 heterocycles. The van der Waals surface area contributed by atoms with E-state index in [4.69, 9.17) is 9.36 Å². The van der Waals surface area contributed by atoms with Crippen LogP contribution < -0.4 is 5.76 Å². The molecule has 0 aliphatic rings. The lowest BCUT2D eigenvalue weighted by molar-refractivity contribution is 0.128. The zero-order chi connectivity index (χ0) is 16.2. The van der Waals surface area contributed by atoms with Gasteiger partial charge in [-0.05, 0) is 15.9 Å². The first-order valence-electron chi connectivity index (χ1n) is 6.53. The van der Waals surface area contributed by atoms with Crippen molar-refractivity contribution in [3.8, 4) is 0 Å². The summed E-state index contributed by atoms with van der Waals surface area (Å²) in [5.41, 5.74) is 1.93. The van der Waals surface area contributed by atoms with Crippen LogP contribution in [0.1, 0.15) is 17.1 Å². The third kappa shape index (κ3) is 3.74. The molecule has 2 aromatic heterocycles. The Balaban J connectivity index is 1.90. The van der Waals surface area contributed by atoms with E-state index in [1.54, 1.807) is 7.05 Å². The Morgan fingerprint density at radius 1 is 1.39 bits per heavy atom. The van der Waals surface area contributed by atoms with Crippen LogP contribution in [0.15, 0.2) is 54.1 Å². The molecular formula is C14H11BrN4O3S. The van der Waals surface area contributed by atoms with Crippen molar-refractivity contribution in [2.45, 2.75) is 6.61 Å². The second-order valence-corrected chi connectivity index (χ2v) is 6.60. The highest BCUT2D eigenvalue weighted by molar-refractivity contribution is 9.11.